The van der Waals surface area contributed by atoms with Crippen molar-refractivity contribution in [2.45, 2.75) is 37.1 Å². The second-order valence-electron chi connectivity index (χ2n) is 7.47. The van der Waals surface area contributed by atoms with E-state index in [1.807, 2.05) is 0 Å². The van der Waals surface area contributed by atoms with Gasteiger partial charge in [0.2, 0.25) is 6.29 Å². The summed E-state index contributed by atoms with van der Waals surface area (Å²) >= 11 is 0. The van der Waals surface area contributed by atoms with E-state index >= 15 is 0 Å². The fraction of sp³-hybridized carbons (Fsp3) is 0.304. The van der Waals surface area contributed by atoms with Crippen LogP contribution in [-0.4, -0.2) is 83.3 Å². The van der Waals surface area contributed by atoms with Crippen LogP contribution in [0.25, 0.3) is 5.76 Å². The second kappa shape index (κ2) is 10.5. The molecule has 3 rings (SSSR count). The van der Waals surface area contributed by atoms with Crippen molar-refractivity contribution in [3.05, 3.63) is 53.3 Å². The van der Waals surface area contributed by atoms with Crippen LogP contribution in [-0.2, 0) is 9.47 Å². The Kier molecular flexibility index (Phi) is 7.72. The molecule has 11 nitrogen and oxygen atoms in total. The van der Waals surface area contributed by atoms with Crippen LogP contribution in [0.3, 0.4) is 0 Å². The summed E-state index contributed by atoms with van der Waals surface area (Å²) in [6.45, 7) is -0.689. The van der Waals surface area contributed by atoms with Gasteiger partial charge in [-0.2, -0.15) is 0 Å². The lowest BCUT2D eigenvalue weighted by atomic mass is 9.99. The van der Waals surface area contributed by atoms with Gasteiger partial charge in [-0.15, -0.1) is 0 Å². The molecule has 2 aromatic carbocycles. The van der Waals surface area contributed by atoms with Gasteiger partial charge in [0.25, 0.3) is 0 Å². The van der Waals surface area contributed by atoms with Crippen LogP contribution in [0.4, 0.5) is 0 Å². The topological polar surface area (TPSA) is 201 Å². The number of hydrogen-bond donors (Lipinski definition) is 9. The molecule has 0 aliphatic carbocycles. The Morgan fingerprint density at radius 1 is 0.853 bits per heavy atom. The lowest BCUT2D eigenvalue weighted by Crippen LogP contribution is -2.59. The van der Waals surface area contributed by atoms with Gasteiger partial charge in [-0.05, 0) is 36.4 Å². The van der Waals surface area contributed by atoms with Gasteiger partial charge in [-0.25, -0.2) is 0 Å². The van der Waals surface area contributed by atoms with E-state index < -0.39 is 54.6 Å². The average Bonchev–Trinajstić information content (AvgIpc) is 2.82. The number of phenolic OH excluding ortho intramolecular Hbond substituents is 4. The summed E-state index contributed by atoms with van der Waals surface area (Å²) < 4.78 is 10.9. The molecule has 0 amide bonds. The first-order valence-electron chi connectivity index (χ1n) is 10.0. The molecule has 0 aromatic heterocycles. The number of aliphatic hydroxyl groups is 5. The van der Waals surface area contributed by atoms with E-state index in [4.69, 9.17) is 9.47 Å². The molecule has 0 unspecified atom stereocenters. The third-order valence-electron chi connectivity index (χ3n) is 5.08. The first kappa shape index (κ1) is 25.0. The van der Waals surface area contributed by atoms with Crippen molar-refractivity contribution in [3.8, 4) is 34.8 Å². The van der Waals surface area contributed by atoms with E-state index in [1.165, 1.54) is 24.3 Å². The molecule has 11 heteroatoms. The molecule has 2 aromatic rings. The maximum absolute atomic E-state index is 10.8. The Morgan fingerprint density at radius 2 is 1.50 bits per heavy atom. The van der Waals surface area contributed by atoms with Crippen molar-refractivity contribution in [3.63, 3.8) is 0 Å². The van der Waals surface area contributed by atoms with Crippen LogP contribution in [0, 0.1) is 11.8 Å². The summed E-state index contributed by atoms with van der Waals surface area (Å²) in [6, 6.07) is 7.32. The Bertz CT molecular complexity index is 1120. The number of hydrogen-bond acceptors (Lipinski definition) is 11. The summed E-state index contributed by atoms with van der Waals surface area (Å²) in [4.78, 5) is 0. The van der Waals surface area contributed by atoms with Crippen molar-refractivity contribution in [1.29, 1.82) is 0 Å². The first-order chi connectivity index (χ1) is 16.1. The summed E-state index contributed by atoms with van der Waals surface area (Å²) in [5, 5.41) is 88.6. The van der Waals surface area contributed by atoms with E-state index in [2.05, 4.69) is 11.8 Å². The largest absolute Gasteiger partial charge is 0.504 e. The van der Waals surface area contributed by atoms with E-state index in [0.717, 1.165) is 12.1 Å². The normalized spacial score (nSPS) is 25.1. The summed E-state index contributed by atoms with van der Waals surface area (Å²) in [6.07, 6.45) is -8.26. The van der Waals surface area contributed by atoms with Crippen molar-refractivity contribution in [1.82, 2.24) is 0 Å². The molecular formula is C23H24O11. The molecule has 182 valence electrons. The molecule has 0 spiro atoms. The highest BCUT2D eigenvalue weighted by molar-refractivity contribution is 5.64. The molecule has 1 fully saturated rings. The fourth-order valence-electron chi connectivity index (χ4n) is 3.15. The Morgan fingerprint density at radius 3 is 2.12 bits per heavy atom. The zero-order valence-corrected chi connectivity index (χ0v) is 17.6. The second-order valence-corrected chi connectivity index (χ2v) is 7.47. The quantitative estimate of drug-likeness (QED) is 0.160. The summed E-state index contributed by atoms with van der Waals surface area (Å²) in [7, 11) is 0. The lowest BCUT2D eigenvalue weighted by molar-refractivity contribution is -0.291. The van der Waals surface area contributed by atoms with Crippen LogP contribution in [0.1, 0.15) is 17.5 Å². The van der Waals surface area contributed by atoms with Crippen LogP contribution < -0.4 is 0 Å². The molecule has 34 heavy (non-hydrogen) atoms. The van der Waals surface area contributed by atoms with Crippen molar-refractivity contribution < 1.29 is 55.4 Å². The van der Waals surface area contributed by atoms with Crippen LogP contribution >= 0.6 is 0 Å². The van der Waals surface area contributed by atoms with Gasteiger partial charge < -0.3 is 55.4 Å². The molecule has 1 aliphatic rings. The SMILES string of the molecule is OC[C@@H]1O[C@H](O/C(CC#Cc2ccc(O)c(O)c2)=C(/O)c2ccc(O)c(O)c2)[C@@H](O)[C@H](O)[C@H]1O. The van der Waals surface area contributed by atoms with Crippen LogP contribution in [0.5, 0.6) is 23.0 Å². The van der Waals surface area contributed by atoms with Crippen molar-refractivity contribution >= 4 is 5.76 Å². The first-order valence-corrected chi connectivity index (χ1v) is 10.0. The van der Waals surface area contributed by atoms with Gasteiger partial charge in [0.15, 0.2) is 34.5 Å². The average molecular weight is 476 g/mol. The lowest BCUT2D eigenvalue weighted by Gasteiger charge is -2.39. The monoisotopic (exact) mass is 476 g/mol. The molecular weight excluding hydrogens is 452 g/mol. The molecule has 1 saturated heterocycles. The fourth-order valence-corrected chi connectivity index (χ4v) is 3.15. The minimum absolute atomic E-state index is 0.0129. The highest BCUT2D eigenvalue weighted by atomic mass is 16.7. The van der Waals surface area contributed by atoms with E-state index in [-0.39, 0.29) is 29.2 Å². The number of rotatable bonds is 5. The van der Waals surface area contributed by atoms with Gasteiger partial charge in [0.1, 0.15) is 24.4 Å². The summed E-state index contributed by atoms with van der Waals surface area (Å²) in [5.41, 5.74) is 0.336. The van der Waals surface area contributed by atoms with Crippen molar-refractivity contribution in [2.24, 2.45) is 0 Å². The van der Waals surface area contributed by atoms with Gasteiger partial charge in [0.05, 0.1) is 13.0 Å². The standard InChI is InChI=1S/C23H24O11/c24-10-18-20(30)21(31)22(32)23(34-18)33-17(19(29)12-5-7-14(26)16(28)9-12)3-1-2-11-4-6-13(25)15(27)8-11/h4-9,18,20-32H,3,10H2/b19-17+/t18-,20-,21+,22-,23-/m0/s1. The Hall–Kier alpha value is -3.66. The number of allylic oxidation sites excluding steroid dienone is 1. The predicted octanol–water partition coefficient (Wildman–Crippen LogP) is -0.00610. The molecule has 0 radical (unpaired) electrons. The highest BCUT2D eigenvalue weighted by Crippen LogP contribution is 2.31. The molecule has 0 bridgehead atoms. The third-order valence-corrected chi connectivity index (χ3v) is 5.08. The zero-order valence-electron chi connectivity index (χ0n) is 17.6. The zero-order chi connectivity index (χ0) is 25.0. The summed E-state index contributed by atoms with van der Waals surface area (Å²) in [5.74, 6) is 2.87. The molecule has 9 N–H and O–H groups in total. The Balaban J connectivity index is 1.94. The van der Waals surface area contributed by atoms with Crippen LogP contribution in [0.2, 0.25) is 0 Å². The van der Waals surface area contributed by atoms with Crippen LogP contribution in [0.15, 0.2) is 42.2 Å². The Labute approximate surface area is 193 Å². The molecule has 0 saturated carbocycles. The number of benzene rings is 2. The maximum Gasteiger partial charge on any atom is 0.228 e. The van der Waals surface area contributed by atoms with Gasteiger partial charge in [-0.3, -0.25) is 0 Å². The van der Waals surface area contributed by atoms with Gasteiger partial charge in [-0.1, -0.05) is 11.8 Å². The van der Waals surface area contributed by atoms with E-state index in [0.29, 0.717) is 5.56 Å². The minimum atomic E-state index is -1.75. The number of ether oxygens (including phenoxy) is 2. The minimum Gasteiger partial charge on any atom is -0.504 e. The maximum atomic E-state index is 10.8. The number of aromatic hydroxyl groups is 4. The number of phenols is 4. The van der Waals surface area contributed by atoms with E-state index in [9.17, 15) is 46.0 Å². The van der Waals surface area contributed by atoms with Gasteiger partial charge >= 0.3 is 0 Å². The van der Waals surface area contributed by atoms with Crippen molar-refractivity contribution in [2.75, 3.05) is 6.61 Å². The molecule has 1 heterocycles. The van der Waals surface area contributed by atoms with E-state index in [1.54, 1.807) is 0 Å². The number of aliphatic hydroxyl groups excluding tert-OH is 5. The molecule has 5 atom stereocenters. The highest BCUT2D eigenvalue weighted by Gasteiger charge is 2.45. The van der Waals surface area contributed by atoms with Gasteiger partial charge in [0, 0.05) is 11.1 Å². The predicted molar refractivity (Wildman–Crippen MR) is 115 cm³/mol. The smallest absolute Gasteiger partial charge is 0.228 e. The third kappa shape index (κ3) is 5.45. The molecule has 1 aliphatic heterocycles.